The number of hydrogen-bond donors (Lipinski definition) is 1. The van der Waals surface area contributed by atoms with Crippen LogP contribution in [0.5, 0.6) is 17.2 Å². The molecule has 0 amide bonds. The van der Waals surface area contributed by atoms with Crippen molar-refractivity contribution in [2.75, 3.05) is 33.2 Å². The molecule has 4 nitrogen and oxygen atoms in total. The second-order valence-electron chi connectivity index (χ2n) is 5.82. The molecule has 0 atom stereocenters. The van der Waals surface area contributed by atoms with Crippen LogP contribution in [0.4, 0.5) is 5.69 Å². The molecule has 0 aliphatic rings. The molecule has 0 spiro atoms. The van der Waals surface area contributed by atoms with Gasteiger partial charge in [0.15, 0.2) is 11.5 Å². The van der Waals surface area contributed by atoms with E-state index in [2.05, 4.69) is 12.2 Å². The van der Waals surface area contributed by atoms with E-state index in [1.54, 1.807) is 21.3 Å². The van der Waals surface area contributed by atoms with Crippen molar-refractivity contribution in [2.24, 2.45) is 0 Å². The van der Waals surface area contributed by atoms with Crippen LogP contribution in [-0.2, 0) is 0 Å². The van der Waals surface area contributed by atoms with E-state index in [9.17, 15) is 0 Å². The maximum absolute atomic E-state index is 5.37. The zero-order valence-electron chi connectivity index (χ0n) is 15.2. The standard InChI is InChI=1S/C19H33NO3/c1-5-6-7-8-9-10-11-12-13-20-16-14-17(21-2)19(23-4)18(15-16)22-3/h14-15,20H,5-13H2,1-4H3. The number of ether oxygens (including phenoxy) is 3. The predicted octanol–water partition coefficient (Wildman–Crippen LogP) is 5.27. The van der Waals surface area contributed by atoms with Gasteiger partial charge < -0.3 is 19.5 Å². The Kier molecular flexibility index (Phi) is 10.1. The van der Waals surface area contributed by atoms with Gasteiger partial charge in [0, 0.05) is 24.4 Å². The summed E-state index contributed by atoms with van der Waals surface area (Å²) in [5.41, 5.74) is 1.00. The highest BCUT2D eigenvalue weighted by atomic mass is 16.5. The minimum atomic E-state index is 0.632. The molecule has 4 heteroatoms. The van der Waals surface area contributed by atoms with Gasteiger partial charge in [0.1, 0.15) is 0 Å². The van der Waals surface area contributed by atoms with E-state index in [-0.39, 0.29) is 0 Å². The smallest absolute Gasteiger partial charge is 0.203 e. The first kappa shape index (κ1) is 19.5. The van der Waals surface area contributed by atoms with Crippen LogP contribution < -0.4 is 19.5 Å². The van der Waals surface area contributed by atoms with Gasteiger partial charge in [-0.25, -0.2) is 0 Å². The molecule has 0 saturated carbocycles. The first-order valence-electron chi connectivity index (χ1n) is 8.80. The lowest BCUT2D eigenvalue weighted by Gasteiger charge is -2.15. The SMILES string of the molecule is CCCCCCCCCCNc1cc(OC)c(OC)c(OC)c1. The van der Waals surface area contributed by atoms with Crippen LogP contribution in [-0.4, -0.2) is 27.9 Å². The Morgan fingerprint density at radius 3 is 1.74 bits per heavy atom. The van der Waals surface area contributed by atoms with E-state index in [0.29, 0.717) is 17.2 Å². The van der Waals surface area contributed by atoms with Crippen molar-refractivity contribution >= 4 is 5.69 Å². The molecule has 0 aliphatic carbocycles. The van der Waals surface area contributed by atoms with Crippen LogP contribution in [0.25, 0.3) is 0 Å². The first-order chi connectivity index (χ1) is 11.3. The van der Waals surface area contributed by atoms with Gasteiger partial charge in [0.2, 0.25) is 5.75 Å². The Hall–Kier alpha value is -1.58. The quantitative estimate of drug-likeness (QED) is 0.502. The first-order valence-corrected chi connectivity index (χ1v) is 8.80. The van der Waals surface area contributed by atoms with Crippen molar-refractivity contribution in [1.29, 1.82) is 0 Å². The molecule has 1 N–H and O–H groups in total. The third kappa shape index (κ3) is 7.02. The Balaban J connectivity index is 2.32. The van der Waals surface area contributed by atoms with Crippen molar-refractivity contribution < 1.29 is 14.2 Å². The topological polar surface area (TPSA) is 39.7 Å². The van der Waals surface area contributed by atoms with Gasteiger partial charge in [0.25, 0.3) is 0 Å². The summed E-state index contributed by atoms with van der Waals surface area (Å²) in [5, 5.41) is 3.44. The molecule has 0 aromatic heterocycles. The van der Waals surface area contributed by atoms with E-state index in [0.717, 1.165) is 12.2 Å². The number of hydrogen-bond acceptors (Lipinski definition) is 4. The third-order valence-corrected chi connectivity index (χ3v) is 4.02. The van der Waals surface area contributed by atoms with Crippen molar-refractivity contribution in [2.45, 2.75) is 58.3 Å². The largest absolute Gasteiger partial charge is 0.493 e. The van der Waals surface area contributed by atoms with Crippen LogP contribution >= 0.6 is 0 Å². The molecule has 0 heterocycles. The predicted molar refractivity (Wildman–Crippen MR) is 97.2 cm³/mol. The minimum absolute atomic E-state index is 0.632. The second kappa shape index (κ2) is 11.9. The van der Waals surface area contributed by atoms with Crippen molar-refractivity contribution in [3.63, 3.8) is 0 Å². The summed E-state index contributed by atoms with van der Waals surface area (Å²) in [6.07, 6.45) is 10.6. The fourth-order valence-electron chi connectivity index (χ4n) is 2.67. The fraction of sp³-hybridized carbons (Fsp3) is 0.684. The molecular formula is C19H33NO3. The van der Waals surface area contributed by atoms with Crippen LogP contribution in [0.15, 0.2) is 12.1 Å². The summed E-state index contributed by atoms with van der Waals surface area (Å²) in [6.45, 7) is 3.22. The number of unbranched alkanes of at least 4 members (excludes halogenated alkanes) is 7. The zero-order valence-corrected chi connectivity index (χ0v) is 15.2. The molecular weight excluding hydrogens is 290 g/mol. The zero-order chi connectivity index (χ0) is 16.9. The number of methoxy groups -OCH3 is 3. The lowest BCUT2D eigenvalue weighted by atomic mass is 10.1. The van der Waals surface area contributed by atoms with E-state index in [1.165, 1.54) is 51.4 Å². The molecule has 0 unspecified atom stereocenters. The Bertz CT molecular complexity index is 410. The number of nitrogens with one attached hydrogen (secondary N) is 1. The highest BCUT2D eigenvalue weighted by molar-refractivity contribution is 5.62. The maximum Gasteiger partial charge on any atom is 0.203 e. The second-order valence-corrected chi connectivity index (χ2v) is 5.82. The highest BCUT2D eigenvalue weighted by Crippen LogP contribution is 2.39. The summed E-state index contributed by atoms with van der Waals surface area (Å²) in [4.78, 5) is 0. The molecule has 132 valence electrons. The number of anilines is 1. The van der Waals surface area contributed by atoms with Gasteiger partial charge in [-0.05, 0) is 6.42 Å². The Labute approximate surface area is 141 Å². The van der Waals surface area contributed by atoms with Gasteiger partial charge in [0.05, 0.1) is 21.3 Å². The summed E-state index contributed by atoms with van der Waals surface area (Å²) in [7, 11) is 4.90. The summed E-state index contributed by atoms with van der Waals surface area (Å²) in [6, 6.07) is 3.90. The highest BCUT2D eigenvalue weighted by Gasteiger charge is 2.12. The normalized spacial score (nSPS) is 10.4. The van der Waals surface area contributed by atoms with E-state index >= 15 is 0 Å². The van der Waals surface area contributed by atoms with Gasteiger partial charge in [-0.1, -0.05) is 51.9 Å². The molecule has 1 rings (SSSR count). The Morgan fingerprint density at radius 2 is 1.26 bits per heavy atom. The van der Waals surface area contributed by atoms with Crippen LogP contribution in [0.1, 0.15) is 58.3 Å². The van der Waals surface area contributed by atoms with Crippen LogP contribution in [0.2, 0.25) is 0 Å². The third-order valence-electron chi connectivity index (χ3n) is 4.02. The van der Waals surface area contributed by atoms with Crippen LogP contribution in [0, 0.1) is 0 Å². The monoisotopic (exact) mass is 323 g/mol. The summed E-state index contributed by atoms with van der Waals surface area (Å²) < 4.78 is 16.1. The molecule has 0 saturated heterocycles. The molecule has 0 aliphatic heterocycles. The van der Waals surface area contributed by atoms with Gasteiger partial charge >= 0.3 is 0 Å². The van der Waals surface area contributed by atoms with E-state index < -0.39 is 0 Å². The molecule has 0 radical (unpaired) electrons. The summed E-state index contributed by atoms with van der Waals surface area (Å²) in [5.74, 6) is 2.00. The molecule has 1 aromatic carbocycles. The van der Waals surface area contributed by atoms with Crippen molar-refractivity contribution in [3.05, 3.63) is 12.1 Å². The maximum atomic E-state index is 5.37. The van der Waals surface area contributed by atoms with Crippen LogP contribution in [0.3, 0.4) is 0 Å². The molecule has 0 bridgehead atoms. The van der Waals surface area contributed by atoms with Gasteiger partial charge in [-0.15, -0.1) is 0 Å². The molecule has 0 fully saturated rings. The minimum Gasteiger partial charge on any atom is -0.493 e. The van der Waals surface area contributed by atoms with Gasteiger partial charge in [-0.3, -0.25) is 0 Å². The fourth-order valence-corrected chi connectivity index (χ4v) is 2.67. The van der Waals surface area contributed by atoms with Gasteiger partial charge in [-0.2, -0.15) is 0 Å². The average molecular weight is 323 g/mol. The average Bonchev–Trinajstić information content (AvgIpc) is 2.59. The number of rotatable bonds is 13. The lowest BCUT2D eigenvalue weighted by Crippen LogP contribution is -2.03. The molecule has 23 heavy (non-hydrogen) atoms. The van der Waals surface area contributed by atoms with Crippen molar-refractivity contribution in [3.8, 4) is 17.2 Å². The van der Waals surface area contributed by atoms with Crippen molar-refractivity contribution in [1.82, 2.24) is 0 Å². The lowest BCUT2D eigenvalue weighted by molar-refractivity contribution is 0.324. The number of benzene rings is 1. The van der Waals surface area contributed by atoms with E-state index in [1.807, 2.05) is 12.1 Å². The Morgan fingerprint density at radius 1 is 0.739 bits per heavy atom. The summed E-state index contributed by atoms with van der Waals surface area (Å²) >= 11 is 0. The molecule has 1 aromatic rings. The van der Waals surface area contributed by atoms with E-state index in [4.69, 9.17) is 14.2 Å².